The summed E-state index contributed by atoms with van der Waals surface area (Å²) in [5.74, 6) is 1.18. The second kappa shape index (κ2) is 7.85. The molecule has 0 fully saturated rings. The van der Waals surface area contributed by atoms with Crippen LogP contribution in [-0.2, 0) is 0 Å². The Balaban J connectivity index is 1.61. The molecule has 0 bridgehead atoms. The molecular formula is C22H17ClN2O4. The number of benzene rings is 3. The number of oxazole rings is 1. The first-order valence-corrected chi connectivity index (χ1v) is 9.15. The van der Waals surface area contributed by atoms with Crippen molar-refractivity contribution in [2.24, 2.45) is 0 Å². The lowest BCUT2D eigenvalue weighted by Gasteiger charge is -2.11. The molecule has 0 unspecified atom stereocenters. The van der Waals surface area contributed by atoms with Crippen molar-refractivity contribution in [1.82, 2.24) is 4.98 Å². The summed E-state index contributed by atoms with van der Waals surface area (Å²) in [6.45, 7) is 0. The highest BCUT2D eigenvalue weighted by Gasteiger charge is 2.15. The van der Waals surface area contributed by atoms with Crippen molar-refractivity contribution in [2.45, 2.75) is 0 Å². The van der Waals surface area contributed by atoms with Crippen molar-refractivity contribution in [3.05, 3.63) is 71.2 Å². The minimum Gasteiger partial charge on any atom is -0.497 e. The van der Waals surface area contributed by atoms with Crippen molar-refractivity contribution in [3.63, 3.8) is 0 Å². The van der Waals surface area contributed by atoms with Crippen molar-refractivity contribution in [3.8, 4) is 23.0 Å². The quantitative estimate of drug-likeness (QED) is 0.477. The van der Waals surface area contributed by atoms with Gasteiger partial charge in [-0.3, -0.25) is 4.79 Å². The first-order valence-electron chi connectivity index (χ1n) is 8.77. The van der Waals surface area contributed by atoms with Gasteiger partial charge in [0.1, 0.15) is 17.0 Å². The molecule has 1 aromatic heterocycles. The maximum atomic E-state index is 12.7. The number of carbonyl (C=O) groups is 1. The molecule has 0 radical (unpaired) electrons. The van der Waals surface area contributed by atoms with Crippen molar-refractivity contribution in [1.29, 1.82) is 0 Å². The van der Waals surface area contributed by atoms with E-state index in [9.17, 15) is 4.79 Å². The predicted octanol–water partition coefficient (Wildman–Crippen LogP) is 5.42. The van der Waals surface area contributed by atoms with Gasteiger partial charge in [0.2, 0.25) is 5.89 Å². The Labute approximate surface area is 172 Å². The second-order valence-electron chi connectivity index (χ2n) is 6.23. The van der Waals surface area contributed by atoms with E-state index >= 15 is 0 Å². The molecule has 0 spiro atoms. The molecule has 146 valence electrons. The number of hydrogen-bond acceptors (Lipinski definition) is 5. The molecule has 0 aliphatic heterocycles. The lowest BCUT2D eigenvalue weighted by Crippen LogP contribution is -2.13. The zero-order valence-corrected chi connectivity index (χ0v) is 16.5. The van der Waals surface area contributed by atoms with Gasteiger partial charge in [-0.25, -0.2) is 4.98 Å². The predicted molar refractivity (Wildman–Crippen MR) is 112 cm³/mol. The van der Waals surface area contributed by atoms with Gasteiger partial charge in [0.25, 0.3) is 5.91 Å². The summed E-state index contributed by atoms with van der Waals surface area (Å²) in [5, 5.41) is 3.46. The maximum absolute atomic E-state index is 12.7. The van der Waals surface area contributed by atoms with E-state index in [-0.39, 0.29) is 5.91 Å². The number of methoxy groups -OCH3 is 2. The molecule has 1 amide bonds. The first kappa shape index (κ1) is 18.8. The van der Waals surface area contributed by atoms with Gasteiger partial charge < -0.3 is 19.2 Å². The van der Waals surface area contributed by atoms with E-state index in [1.54, 1.807) is 55.6 Å². The van der Waals surface area contributed by atoms with Gasteiger partial charge in [-0.05, 0) is 48.5 Å². The molecule has 0 saturated carbocycles. The van der Waals surface area contributed by atoms with Gasteiger partial charge in [-0.15, -0.1) is 0 Å². The fourth-order valence-electron chi connectivity index (χ4n) is 2.94. The van der Waals surface area contributed by atoms with E-state index < -0.39 is 0 Å². The van der Waals surface area contributed by atoms with Gasteiger partial charge in [0.15, 0.2) is 5.58 Å². The van der Waals surface area contributed by atoms with Crippen LogP contribution in [-0.4, -0.2) is 25.1 Å². The summed E-state index contributed by atoms with van der Waals surface area (Å²) >= 11 is 6.01. The number of carbonyl (C=O) groups excluding carboxylic acids is 1. The van der Waals surface area contributed by atoms with Gasteiger partial charge in [-0.2, -0.15) is 0 Å². The maximum Gasteiger partial charge on any atom is 0.259 e. The smallest absolute Gasteiger partial charge is 0.259 e. The number of ether oxygens (including phenoxy) is 2. The Morgan fingerprint density at radius 2 is 1.90 bits per heavy atom. The van der Waals surface area contributed by atoms with Gasteiger partial charge >= 0.3 is 0 Å². The minimum atomic E-state index is -0.300. The molecule has 3 aromatic carbocycles. The highest BCUT2D eigenvalue weighted by atomic mass is 35.5. The van der Waals surface area contributed by atoms with Crippen LogP contribution < -0.4 is 14.8 Å². The SMILES string of the molecule is COc1ccc(C(=O)Nc2cccc(-c3nc4cc(Cl)ccc4o3)c2)c(OC)c1. The summed E-state index contributed by atoms with van der Waals surface area (Å²) in [6.07, 6.45) is 0. The summed E-state index contributed by atoms with van der Waals surface area (Å²) in [4.78, 5) is 17.2. The number of anilines is 1. The zero-order valence-electron chi connectivity index (χ0n) is 15.7. The molecule has 29 heavy (non-hydrogen) atoms. The third kappa shape index (κ3) is 3.88. The first-order chi connectivity index (χ1) is 14.1. The lowest BCUT2D eigenvalue weighted by molar-refractivity contribution is 0.102. The van der Waals surface area contributed by atoms with Crippen LogP contribution in [0, 0.1) is 0 Å². The topological polar surface area (TPSA) is 73.6 Å². The van der Waals surface area contributed by atoms with Crippen LogP contribution in [0.4, 0.5) is 5.69 Å². The molecule has 4 aromatic rings. The molecule has 1 heterocycles. The number of aromatic nitrogens is 1. The summed E-state index contributed by atoms with van der Waals surface area (Å²) in [6, 6.07) is 17.5. The van der Waals surface area contributed by atoms with Crippen LogP contribution >= 0.6 is 11.6 Å². The number of amides is 1. The van der Waals surface area contributed by atoms with Crippen LogP contribution in [0.25, 0.3) is 22.6 Å². The highest BCUT2D eigenvalue weighted by Crippen LogP contribution is 2.29. The third-order valence-corrected chi connectivity index (χ3v) is 4.61. The Kier molecular flexibility index (Phi) is 5.10. The number of rotatable bonds is 5. The highest BCUT2D eigenvalue weighted by molar-refractivity contribution is 6.31. The molecular weight excluding hydrogens is 392 g/mol. The molecule has 4 rings (SSSR count). The minimum absolute atomic E-state index is 0.300. The summed E-state index contributed by atoms with van der Waals surface area (Å²) in [5.41, 5.74) is 3.05. The molecule has 1 N–H and O–H groups in total. The zero-order chi connectivity index (χ0) is 20.4. The average molecular weight is 409 g/mol. The monoisotopic (exact) mass is 408 g/mol. The molecule has 6 nitrogen and oxygen atoms in total. The third-order valence-electron chi connectivity index (χ3n) is 4.37. The number of halogens is 1. The Hall–Kier alpha value is -3.51. The molecule has 0 atom stereocenters. The molecule has 0 aliphatic carbocycles. The largest absolute Gasteiger partial charge is 0.497 e. The van der Waals surface area contributed by atoms with E-state index in [4.69, 9.17) is 25.5 Å². The number of hydrogen-bond donors (Lipinski definition) is 1. The van der Waals surface area contributed by atoms with Gasteiger partial charge in [-0.1, -0.05) is 17.7 Å². The molecule has 7 heteroatoms. The van der Waals surface area contributed by atoms with Gasteiger partial charge in [0, 0.05) is 22.3 Å². The normalized spacial score (nSPS) is 10.7. The number of fused-ring (bicyclic) bond motifs is 1. The Bertz CT molecular complexity index is 1200. The molecule has 0 aliphatic rings. The van der Waals surface area contributed by atoms with Crippen LogP contribution in [0.1, 0.15) is 10.4 Å². The van der Waals surface area contributed by atoms with Crippen LogP contribution in [0.3, 0.4) is 0 Å². The number of nitrogens with one attached hydrogen (secondary N) is 1. The van der Waals surface area contributed by atoms with E-state index in [2.05, 4.69) is 10.3 Å². The lowest BCUT2D eigenvalue weighted by atomic mass is 10.1. The van der Waals surface area contributed by atoms with Crippen molar-refractivity contribution in [2.75, 3.05) is 19.5 Å². The van der Waals surface area contributed by atoms with Gasteiger partial charge in [0.05, 0.1) is 19.8 Å². The van der Waals surface area contributed by atoms with Crippen LogP contribution in [0.2, 0.25) is 5.02 Å². The Morgan fingerprint density at radius 1 is 1.03 bits per heavy atom. The average Bonchev–Trinajstić information content (AvgIpc) is 3.16. The second-order valence-corrected chi connectivity index (χ2v) is 6.67. The van der Waals surface area contributed by atoms with E-state index in [1.165, 1.54) is 7.11 Å². The van der Waals surface area contributed by atoms with E-state index in [0.29, 0.717) is 44.8 Å². The van der Waals surface area contributed by atoms with Crippen LogP contribution in [0.5, 0.6) is 11.5 Å². The van der Waals surface area contributed by atoms with Crippen LogP contribution in [0.15, 0.2) is 65.1 Å². The van der Waals surface area contributed by atoms with E-state index in [0.717, 1.165) is 5.56 Å². The number of nitrogens with zero attached hydrogens (tertiary/aromatic N) is 1. The summed E-state index contributed by atoms with van der Waals surface area (Å²) < 4.78 is 16.3. The standard InChI is InChI=1S/C22H17ClN2O4/c1-27-16-7-8-17(20(12-16)28-2)21(26)24-15-5-3-4-13(10-15)22-25-18-11-14(23)6-9-19(18)29-22/h3-12H,1-2H3,(H,24,26). The van der Waals surface area contributed by atoms with Crippen molar-refractivity contribution >= 4 is 34.3 Å². The fourth-order valence-corrected chi connectivity index (χ4v) is 3.10. The Morgan fingerprint density at radius 3 is 2.69 bits per heavy atom. The van der Waals surface area contributed by atoms with E-state index in [1.807, 2.05) is 12.1 Å². The molecule has 0 saturated heterocycles. The van der Waals surface area contributed by atoms with Crippen molar-refractivity contribution < 1.29 is 18.7 Å². The fraction of sp³-hybridized carbons (Fsp3) is 0.0909. The summed E-state index contributed by atoms with van der Waals surface area (Å²) in [7, 11) is 3.06.